The molecule has 1 aliphatic heterocycles. The van der Waals surface area contributed by atoms with Gasteiger partial charge in [0.15, 0.2) is 0 Å². The van der Waals surface area contributed by atoms with Crippen LogP contribution < -0.4 is 14.8 Å². The van der Waals surface area contributed by atoms with E-state index in [4.69, 9.17) is 21.1 Å². The lowest BCUT2D eigenvalue weighted by Gasteiger charge is -2.10. The molecule has 0 bridgehead atoms. The summed E-state index contributed by atoms with van der Waals surface area (Å²) in [5, 5.41) is 3.38. The lowest BCUT2D eigenvalue weighted by Crippen LogP contribution is -2.28. The molecule has 1 atom stereocenters. The van der Waals surface area contributed by atoms with Crippen molar-refractivity contribution in [2.75, 3.05) is 20.3 Å². The third kappa shape index (κ3) is 2.93. The second-order valence-electron chi connectivity index (χ2n) is 3.48. The maximum Gasteiger partial charge on any atom is 0.323 e. The van der Waals surface area contributed by atoms with Crippen molar-refractivity contribution in [2.45, 2.75) is 18.9 Å². The number of aromatic nitrogens is 3. The van der Waals surface area contributed by atoms with Crippen molar-refractivity contribution in [3.63, 3.8) is 0 Å². The molecule has 0 aliphatic carbocycles. The van der Waals surface area contributed by atoms with Gasteiger partial charge in [-0.05, 0) is 31.0 Å². The average Bonchev–Trinajstić information content (AvgIpc) is 2.78. The van der Waals surface area contributed by atoms with Crippen molar-refractivity contribution in [1.29, 1.82) is 0 Å². The van der Waals surface area contributed by atoms with Crippen LogP contribution in [-0.2, 0) is 0 Å². The number of nitrogens with zero attached hydrogens (tertiary/aromatic N) is 3. The molecule has 1 aromatic heterocycles. The summed E-state index contributed by atoms with van der Waals surface area (Å²) in [5.74, 6) is 0. The third-order valence-corrected chi connectivity index (χ3v) is 2.49. The van der Waals surface area contributed by atoms with Gasteiger partial charge < -0.3 is 14.8 Å². The molecule has 6 nitrogen and oxygen atoms in total. The van der Waals surface area contributed by atoms with Crippen LogP contribution in [0.3, 0.4) is 0 Å². The van der Waals surface area contributed by atoms with Gasteiger partial charge in [0, 0.05) is 6.04 Å². The summed E-state index contributed by atoms with van der Waals surface area (Å²) < 4.78 is 10.3. The zero-order chi connectivity index (χ0) is 11.4. The molecule has 1 saturated heterocycles. The molecule has 0 radical (unpaired) electrons. The minimum atomic E-state index is 0.0706. The first-order chi connectivity index (χ1) is 7.78. The predicted molar refractivity (Wildman–Crippen MR) is 57.9 cm³/mol. The van der Waals surface area contributed by atoms with Crippen LogP contribution in [-0.4, -0.2) is 41.3 Å². The van der Waals surface area contributed by atoms with Crippen LogP contribution in [0.5, 0.6) is 12.0 Å². The number of hydrogen-bond donors (Lipinski definition) is 1. The Labute approximate surface area is 98.4 Å². The number of rotatable bonds is 4. The predicted octanol–water partition coefficient (Wildman–Crippen LogP) is 0.664. The summed E-state index contributed by atoms with van der Waals surface area (Å²) in [6.07, 6.45) is 2.28. The summed E-state index contributed by atoms with van der Waals surface area (Å²) in [5.41, 5.74) is 0. The standard InChI is InChI=1S/C9H13ClN4O2/c1-15-8-12-7(10)13-9(14-8)16-5-6-3-2-4-11-6/h6,11H,2-5H2,1H3. The second-order valence-corrected chi connectivity index (χ2v) is 3.82. The van der Waals surface area contributed by atoms with Crippen LogP contribution in [0.2, 0.25) is 5.28 Å². The molecule has 1 fully saturated rings. The van der Waals surface area contributed by atoms with E-state index in [1.54, 1.807) is 0 Å². The SMILES string of the molecule is COc1nc(Cl)nc(OCC2CCCN2)n1. The zero-order valence-electron chi connectivity index (χ0n) is 8.94. The molecular weight excluding hydrogens is 232 g/mol. The maximum absolute atomic E-state index is 5.69. The fraction of sp³-hybridized carbons (Fsp3) is 0.667. The van der Waals surface area contributed by atoms with Crippen LogP contribution in [0.15, 0.2) is 0 Å². The Morgan fingerprint density at radius 2 is 2.19 bits per heavy atom. The molecule has 2 rings (SSSR count). The van der Waals surface area contributed by atoms with Gasteiger partial charge in [-0.3, -0.25) is 0 Å². The molecule has 0 aromatic carbocycles. The van der Waals surface area contributed by atoms with E-state index in [1.165, 1.54) is 13.5 Å². The van der Waals surface area contributed by atoms with Crippen molar-refractivity contribution in [3.8, 4) is 12.0 Å². The van der Waals surface area contributed by atoms with Crippen LogP contribution in [0, 0.1) is 0 Å². The molecule has 1 aromatic rings. The Bertz CT molecular complexity index is 357. The van der Waals surface area contributed by atoms with E-state index >= 15 is 0 Å². The first kappa shape index (κ1) is 11.3. The monoisotopic (exact) mass is 244 g/mol. The summed E-state index contributed by atoms with van der Waals surface area (Å²) >= 11 is 5.69. The fourth-order valence-electron chi connectivity index (χ4n) is 1.54. The quantitative estimate of drug-likeness (QED) is 0.839. The summed E-state index contributed by atoms with van der Waals surface area (Å²) in [7, 11) is 1.47. The molecule has 0 saturated carbocycles. The molecule has 1 unspecified atom stereocenters. The Kier molecular flexibility index (Phi) is 3.74. The van der Waals surface area contributed by atoms with E-state index in [0.29, 0.717) is 12.6 Å². The fourth-order valence-corrected chi connectivity index (χ4v) is 1.69. The van der Waals surface area contributed by atoms with E-state index < -0.39 is 0 Å². The summed E-state index contributed by atoms with van der Waals surface area (Å²) in [6, 6.07) is 0.724. The van der Waals surface area contributed by atoms with Crippen molar-refractivity contribution in [2.24, 2.45) is 0 Å². The Morgan fingerprint density at radius 3 is 2.88 bits per heavy atom. The van der Waals surface area contributed by atoms with Gasteiger partial charge in [-0.15, -0.1) is 4.98 Å². The number of ether oxygens (including phenoxy) is 2. The average molecular weight is 245 g/mol. The summed E-state index contributed by atoms with van der Waals surface area (Å²) in [6.45, 7) is 1.57. The van der Waals surface area contributed by atoms with E-state index in [0.717, 1.165) is 13.0 Å². The maximum atomic E-state index is 5.69. The highest BCUT2D eigenvalue weighted by Crippen LogP contribution is 2.13. The van der Waals surface area contributed by atoms with Gasteiger partial charge in [0.2, 0.25) is 5.28 Å². The number of hydrogen-bond acceptors (Lipinski definition) is 6. The largest absolute Gasteiger partial charge is 0.467 e. The van der Waals surface area contributed by atoms with Gasteiger partial charge in [-0.2, -0.15) is 9.97 Å². The number of halogens is 1. The highest BCUT2D eigenvalue weighted by molar-refractivity contribution is 6.28. The molecular formula is C9H13ClN4O2. The van der Waals surface area contributed by atoms with Gasteiger partial charge in [0.25, 0.3) is 0 Å². The Hall–Kier alpha value is -1.14. The minimum Gasteiger partial charge on any atom is -0.467 e. The van der Waals surface area contributed by atoms with Gasteiger partial charge in [-0.25, -0.2) is 0 Å². The molecule has 2 heterocycles. The molecule has 1 aliphatic rings. The zero-order valence-corrected chi connectivity index (χ0v) is 9.70. The van der Waals surface area contributed by atoms with Crippen LogP contribution in [0.4, 0.5) is 0 Å². The topological polar surface area (TPSA) is 69.2 Å². The number of methoxy groups -OCH3 is 1. The molecule has 88 valence electrons. The van der Waals surface area contributed by atoms with Crippen molar-refractivity contribution < 1.29 is 9.47 Å². The second kappa shape index (κ2) is 5.27. The lowest BCUT2D eigenvalue weighted by molar-refractivity contribution is 0.250. The molecule has 0 amide bonds. The molecule has 1 N–H and O–H groups in total. The first-order valence-electron chi connectivity index (χ1n) is 5.09. The number of nitrogens with one attached hydrogen (secondary N) is 1. The minimum absolute atomic E-state index is 0.0706. The Balaban J connectivity index is 1.94. The molecule has 16 heavy (non-hydrogen) atoms. The third-order valence-electron chi connectivity index (χ3n) is 2.33. The van der Waals surface area contributed by atoms with E-state index in [-0.39, 0.29) is 17.3 Å². The van der Waals surface area contributed by atoms with Gasteiger partial charge in [0.05, 0.1) is 7.11 Å². The highest BCUT2D eigenvalue weighted by Gasteiger charge is 2.15. The van der Waals surface area contributed by atoms with Crippen molar-refractivity contribution >= 4 is 11.6 Å². The smallest absolute Gasteiger partial charge is 0.323 e. The lowest BCUT2D eigenvalue weighted by atomic mass is 10.2. The van der Waals surface area contributed by atoms with E-state index in [1.807, 2.05) is 0 Å². The van der Waals surface area contributed by atoms with Gasteiger partial charge in [0.1, 0.15) is 6.61 Å². The van der Waals surface area contributed by atoms with Crippen LogP contribution in [0.25, 0.3) is 0 Å². The molecule has 7 heteroatoms. The highest BCUT2D eigenvalue weighted by atomic mass is 35.5. The van der Waals surface area contributed by atoms with Gasteiger partial charge >= 0.3 is 12.0 Å². The van der Waals surface area contributed by atoms with E-state index in [2.05, 4.69) is 20.3 Å². The van der Waals surface area contributed by atoms with Crippen molar-refractivity contribution in [1.82, 2.24) is 20.3 Å². The van der Waals surface area contributed by atoms with Crippen molar-refractivity contribution in [3.05, 3.63) is 5.28 Å². The summed E-state index contributed by atoms with van der Waals surface area (Å²) in [4.78, 5) is 11.5. The Morgan fingerprint density at radius 1 is 1.38 bits per heavy atom. The van der Waals surface area contributed by atoms with Crippen LogP contribution >= 0.6 is 11.6 Å². The van der Waals surface area contributed by atoms with Gasteiger partial charge in [-0.1, -0.05) is 0 Å². The molecule has 0 spiro atoms. The van der Waals surface area contributed by atoms with Crippen LogP contribution in [0.1, 0.15) is 12.8 Å². The normalized spacial score (nSPS) is 19.8. The first-order valence-corrected chi connectivity index (χ1v) is 5.47. The van der Waals surface area contributed by atoms with E-state index in [9.17, 15) is 0 Å².